The average molecular weight is 321 g/mol. The van der Waals surface area contributed by atoms with Gasteiger partial charge in [0.05, 0.1) is 4.92 Å². The summed E-state index contributed by atoms with van der Waals surface area (Å²) in [6, 6.07) is 13.1. The van der Waals surface area contributed by atoms with Crippen LogP contribution in [0.2, 0.25) is 0 Å². The number of nitrogens with zero attached hydrogens (tertiary/aromatic N) is 1. The normalized spacial score (nSPS) is 10.2. The molecule has 1 N–H and O–H groups in total. The Kier molecular flexibility index (Phi) is 4.16. The van der Waals surface area contributed by atoms with Gasteiger partial charge in [0.2, 0.25) is 0 Å². The van der Waals surface area contributed by atoms with E-state index < -0.39 is 0 Å². The predicted molar refractivity (Wildman–Crippen MR) is 79.3 cm³/mol. The van der Waals surface area contributed by atoms with E-state index in [-0.39, 0.29) is 10.6 Å². The number of rotatable bonds is 4. The minimum atomic E-state index is -0.349. The number of para-hydroxylation sites is 1. The molecule has 2 aromatic rings. The van der Waals surface area contributed by atoms with Crippen LogP contribution >= 0.6 is 15.9 Å². The second kappa shape index (κ2) is 5.84. The van der Waals surface area contributed by atoms with Gasteiger partial charge in [-0.2, -0.15) is 0 Å². The molecule has 0 aliphatic rings. The first-order chi connectivity index (χ1) is 9.09. The van der Waals surface area contributed by atoms with Crippen LogP contribution in [0.4, 0.5) is 11.4 Å². The SMILES string of the molecule is Cc1cccc(NCc2ccccc2Br)c1[N+](=O)[O-]. The van der Waals surface area contributed by atoms with E-state index in [9.17, 15) is 10.1 Å². The van der Waals surface area contributed by atoms with Crippen molar-refractivity contribution in [1.82, 2.24) is 0 Å². The second-order valence-electron chi connectivity index (χ2n) is 4.17. The van der Waals surface area contributed by atoms with Crippen molar-refractivity contribution in [1.29, 1.82) is 0 Å². The third-order valence-corrected chi connectivity index (χ3v) is 3.62. The van der Waals surface area contributed by atoms with E-state index >= 15 is 0 Å². The third-order valence-electron chi connectivity index (χ3n) is 2.85. The van der Waals surface area contributed by atoms with Gasteiger partial charge in [-0.1, -0.05) is 46.3 Å². The Bertz CT molecular complexity index is 614. The molecule has 0 radical (unpaired) electrons. The first kappa shape index (κ1) is 13.5. The smallest absolute Gasteiger partial charge is 0.295 e. The van der Waals surface area contributed by atoms with E-state index in [2.05, 4.69) is 21.2 Å². The molecular formula is C14H13BrN2O2. The maximum atomic E-state index is 11.1. The lowest BCUT2D eigenvalue weighted by Gasteiger charge is -2.09. The van der Waals surface area contributed by atoms with Crippen LogP contribution in [0.15, 0.2) is 46.9 Å². The Morgan fingerprint density at radius 3 is 2.63 bits per heavy atom. The number of halogens is 1. The van der Waals surface area contributed by atoms with Crippen molar-refractivity contribution in [2.75, 3.05) is 5.32 Å². The topological polar surface area (TPSA) is 55.2 Å². The summed E-state index contributed by atoms with van der Waals surface area (Å²) in [5.74, 6) is 0. The monoisotopic (exact) mass is 320 g/mol. The molecule has 4 nitrogen and oxygen atoms in total. The summed E-state index contributed by atoms with van der Waals surface area (Å²) in [5.41, 5.74) is 2.38. The van der Waals surface area contributed by atoms with E-state index in [0.29, 0.717) is 17.8 Å². The number of aryl methyl sites for hydroxylation is 1. The van der Waals surface area contributed by atoms with Crippen LogP contribution in [0.5, 0.6) is 0 Å². The number of benzene rings is 2. The molecule has 19 heavy (non-hydrogen) atoms. The van der Waals surface area contributed by atoms with Gasteiger partial charge in [0.15, 0.2) is 0 Å². The lowest BCUT2D eigenvalue weighted by molar-refractivity contribution is -0.384. The van der Waals surface area contributed by atoms with Gasteiger partial charge in [-0.3, -0.25) is 10.1 Å². The minimum absolute atomic E-state index is 0.134. The highest BCUT2D eigenvalue weighted by Gasteiger charge is 2.16. The van der Waals surface area contributed by atoms with Crippen molar-refractivity contribution < 1.29 is 4.92 Å². The molecule has 5 heteroatoms. The predicted octanol–water partition coefficient (Wildman–Crippen LogP) is 4.28. The summed E-state index contributed by atoms with van der Waals surface area (Å²) < 4.78 is 0.984. The molecule has 0 amide bonds. The van der Waals surface area contributed by atoms with Crippen molar-refractivity contribution in [3.63, 3.8) is 0 Å². The largest absolute Gasteiger partial charge is 0.375 e. The lowest BCUT2D eigenvalue weighted by Crippen LogP contribution is -2.04. The number of nitro groups is 1. The van der Waals surface area contributed by atoms with E-state index in [4.69, 9.17) is 0 Å². The first-order valence-electron chi connectivity index (χ1n) is 5.81. The van der Waals surface area contributed by atoms with Gasteiger partial charge in [-0.25, -0.2) is 0 Å². The Morgan fingerprint density at radius 2 is 1.95 bits per heavy atom. The van der Waals surface area contributed by atoms with E-state index in [1.807, 2.05) is 30.3 Å². The van der Waals surface area contributed by atoms with Crippen molar-refractivity contribution in [2.45, 2.75) is 13.5 Å². The highest BCUT2D eigenvalue weighted by molar-refractivity contribution is 9.10. The van der Waals surface area contributed by atoms with Gasteiger partial charge in [0.1, 0.15) is 5.69 Å². The molecule has 0 aliphatic carbocycles. The Labute approximate surface area is 119 Å². The number of anilines is 1. The van der Waals surface area contributed by atoms with Crippen molar-refractivity contribution in [3.8, 4) is 0 Å². The van der Waals surface area contributed by atoms with E-state index in [1.165, 1.54) is 0 Å². The zero-order chi connectivity index (χ0) is 13.8. The Balaban J connectivity index is 2.23. The molecule has 2 rings (SSSR count). The maximum absolute atomic E-state index is 11.1. The third kappa shape index (κ3) is 3.12. The molecule has 0 saturated heterocycles. The zero-order valence-electron chi connectivity index (χ0n) is 10.4. The Morgan fingerprint density at radius 1 is 1.21 bits per heavy atom. The summed E-state index contributed by atoms with van der Waals surface area (Å²) in [7, 11) is 0. The second-order valence-corrected chi connectivity index (χ2v) is 5.03. The fraction of sp³-hybridized carbons (Fsp3) is 0.143. The summed E-state index contributed by atoms with van der Waals surface area (Å²) in [6.45, 7) is 2.27. The summed E-state index contributed by atoms with van der Waals surface area (Å²) in [5, 5.41) is 14.2. The molecular weight excluding hydrogens is 308 g/mol. The van der Waals surface area contributed by atoms with Crippen molar-refractivity contribution in [2.24, 2.45) is 0 Å². The van der Waals surface area contributed by atoms with Crippen LogP contribution in [0.3, 0.4) is 0 Å². The zero-order valence-corrected chi connectivity index (χ0v) is 12.0. The van der Waals surface area contributed by atoms with Crippen LogP contribution in [0.25, 0.3) is 0 Å². The minimum Gasteiger partial charge on any atom is -0.375 e. The van der Waals surface area contributed by atoms with Crippen LogP contribution in [0.1, 0.15) is 11.1 Å². The fourth-order valence-corrected chi connectivity index (χ4v) is 2.30. The van der Waals surface area contributed by atoms with Crippen LogP contribution < -0.4 is 5.32 Å². The Hall–Kier alpha value is -1.88. The van der Waals surface area contributed by atoms with Gasteiger partial charge >= 0.3 is 0 Å². The standard InChI is InChI=1S/C14H13BrN2O2/c1-10-5-4-8-13(14(10)17(18)19)16-9-11-6-2-3-7-12(11)15/h2-8,16H,9H2,1H3. The van der Waals surface area contributed by atoms with Gasteiger partial charge in [0, 0.05) is 16.6 Å². The molecule has 0 aromatic heterocycles. The van der Waals surface area contributed by atoms with E-state index in [0.717, 1.165) is 10.0 Å². The summed E-state index contributed by atoms with van der Waals surface area (Å²) >= 11 is 3.46. The first-order valence-corrected chi connectivity index (χ1v) is 6.60. The molecule has 0 aliphatic heterocycles. The molecule has 0 atom stereocenters. The van der Waals surface area contributed by atoms with Crippen LogP contribution in [-0.2, 0) is 6.54 Å². The molecule has 0 fully saturated rings. The van der Waals surface area contributed by atoms with Gasteiger partial charge in [-0.05, 0) is 24.6 Å². The lowest BCUT2D eigenvalue weighted by atomic mass is 10.1. The molecule has 0 bridgehead atoms. The van der Waals surface area contributed by atoms with Crippen molar-refractivity contribution in [3.05, 3.63) is 68.2 Å². The number of nitro benzene ring substituents is 1. The molecule has 0 heterocycles. The van der Waals surface area contributed by atoms with Crippen LogP contribution in [0, 0.1) is 17.0 Å². The summed E-state index contributed by atoms with van der Waals surface area (Å²) in [6.07, 6.45) is 0. The van der Waals surface area contributed by atoms with E-state index in [1.54, 1.807) is 19.1 Å². The molecule has 0 spiro atoms. The number of nitrogens with one attached hydrogen (secondary N) is 1. The summed E-state index contributed by atoms with van der Waals surface area (Å²) in [4.78, 5) is 10.7. The average Bonchev–Trinajstić information content (AvgIpc) is 2.37. The van der Waals surface area contributed by atoms with Gasteiger partial charge in [0.25, 0.3) is 5.69 Å². The van der Waals surface area contributed by atoms with Crippen LogP contribution in [-0.4, -0.2) is 4.92 Å². The molecule has 0 unspecified atom stereocenters. The maximum Gasteiger partial charge on any atom is 0.295 e. The number of hydrogen-bond donors (Lipinski definition) is 1. The van der Waals surface area contributed by atoms with Gasteiger partial charge < -0.3 is 5.32 Å². The highest BCUT2D eigenvalue weighted by Crippen LogP contribution is 2.28. The quantitative estimate of drug-likeness (QED) is 0.675. The van der Waals surface area contributed by atoms with Crippen molar-refractivity contribution >= 4 is 27.3 Å². The molecule has 98 valence electrons. The molecule has 2 aromatic carbocycles. The van der Waals surface area contributed by atoms with Gasteiger partial charge in [-0.15, -0.1) is 0 Å². The molecule has 0 saturated carbocycles. The highest BCUT2D eigenvalue weighted by atomic mass is 79.9. The fourth-order valence-electron chi connectivity index (χ4n) is 1.88. The number of hydrogen-bond acceptors (Lipinski definition) is 3.